The van der Waals surface area contributed by atoms with Crippen LogP contribution in [0.25, 0.3) is 10.8 Å². The monoisotopic (exact) mass is 269 g/mol. The molecule has 2 rings (SSSR count). The first-order valence-electron chi connectivity index (χ1n) is 5.98. The molecule has 0 amide bonds. The van der Waals surface area contributed by atoms with Crippen LogP contribution in [0.5, 0.6) is 0 Å². The molecular formula is C14H16F3N2+. The molecule has 0 unspecified atom stereocenters. The molecule has 1 aromatic heterocycles. The lowest BCUT2D eigenvalue weighted by molar-refractivity contribution is -0.739. The minimum Gasteiger partial charge on any atom is -0.166 e. The number of hydrogen-bond acceptors (Lipinski definition) is 1. The fourth-order valence-corrected chi connectivity index (χ4v) is 2.42. The number of halogens is 3. The summed E-state index contributed by atoms with van der Waals surface area (Å²) in [4.78, 5) is 0. The summed E-state index contributed by atoms with van der Waals surface area (Å²) >= 11 is 0. The van der Waals surface area contributed by atoms with Gasteiger partial charge in [-0.2, -0.15) is 13.2 Å². The number of fused-ring (bicyclic) bond motifs is 1. The van der Waals surface area contributed by atoms with E-state index in [2.05, 4.69) is 5.10 Å². The average Bonchev–Trinajstić information content (AvgIpc) is 2.24. The molecule has 0 aliphatic rings. The summed E-state index contributed by atoms with van der Waals surface area (Å²) in [6.07, 6.45) is -3.08. The Hall–Kier alpha value is -1.65. The number of aromatic nitrogens is 2. The van der Waals surface area contributed by atoms with E-state index in [1.54, 1.807) is 17.8 Å². The van der Waals surface area contributed by atoms with Crippen LogP contribution in [-0.4, -0.2) is 5.10 Å². The van der Waals surface area contributed by atoms with E-state index in [1.807, 2.05) is 20.8 Å². The van der Waals surface area contributed by atoms with Gasteiger partial charge in [0.1, 0.15) is 6.20 Å². The second-order valence-electron chi connectivity index (χ2n) is 5.63. The SMILES string of the molecule is C[n+]1ncc2c(C(F)(F)F)cccc2c1C(C)(C)C. The third kappa shape index (κ3) is 2.41. The molecule has 1 heterocycles. The Morgan fingerprint density at radius 3 is 2.21 bits per heavy atom. The van der Waals surface area contributed by atoms with Gasteiger partial charge in [-0.25, -0.2) is 0 Å². The molecule has 0 radical (unpaired) electrons. The zero-order valence-corrected chi connectivity index (χ0v) is 11.3. The van der Waals surface area contributed by atoms with Crippen LogP contribution < -0.4 is 4.68 Å². The highest BCUT2D eigenvalue weighted by molar-refractivity contribution is 5.87. The Balaban J connectivity index is 2.90. The molecule has 0 aliphatic carbocycles. The van der Waals surface area contributed by atoms with Gasteiger partial charge in [-0.15, -0.1) is 0 Å². The van der Waals surface area contributed by atoms with E-state index < -0.39 is 11.7 Å². The Morgan fingerprint density at radius 1 is 1.05 bits per heavy atom. The Bertz CT molecular complexity index is 625. The van der Waals surface area contributed by atoms with Crippen molar-refractivity contribution in [2.24, 2.45) is 7.05 Å². The van der Waals surface area contributed by atoms with E-state index in [9.17, 15) is 13.2 Å². The Kier molecular flexibility index (Phi) is 3.03. The van der Waals surface area contributed by atoms with Gasteiger partial charge < -0.3 is 0 Å². The van der Waals surface area contributed by atoms with Gasteiger partial charge in [0.25, 0.3) is 0 Å². The zero-order valence-electron chi connectivity index (χ0n) is 11.3. The minimum absolute atomic E-state index is 0.151. The predicted molar refractivity (Wildman–Crippen MR) is 66.6 cm³/mol. The van der Waals surface area contributed by atoms with E-state index in [0.717, 1.165) is 11.8 Å². The number of alkyl halides is 3. The maximum absolute atomic E-state index is 13.0. The molecule has 0 fully saturated rings. The second-order valence-corrected chi connectivity index (χ2v) is 5.63. The molecular weight excluding hydrogens is 253 g/mol. The maximum Gasteiger partial charge on any atom is 0.417 e. The maximum atomic E-state index is 13.0. The summed E-state index contributed by atoms with van der Waals surface area (Å²) in [7, 11) is 1.75. The molecule has 0 N–H and O–H groups in total. The minimum atomic E-state index is -4.36. The van der Waals surface area contributed by atoms with E-state index >= 15 is 0 Å². The van der Waals surface area contributed by atoms with Gasteiger partial charge in [-0.1, -0.05) is 31.5 Å². The van der Waals surface area contributed by atoms with Crippen molar-refractivity contribution < 1.29 is 17.9 Å². The number of hydrogen-bond donors (Lipinski definition) is 0. The van der Waals surface area contributed by atoms with E-state index in [1.165, 1.54) is 12.3 Å². The van der Waals surface area contributed by atoms with E-state index in [0.29, 0.717) is 5.39 Å². The zero-order chi connectivity index (χ0) is 14.4. The van der Waals surface area contributed by atoms with E-state index in [4.69, 9.17) is 0 Å². The van der Waals surface area contributed by atoms with Crippen molar-refractivity contribution in [2.75, 3.05) is 0 Å². The van der Waals surface area contributed by atoms with Crippen LogP contribution in [0.1, 0.15) is 32.0 Å². The number of rotatable bonds is 0. The first kappa shape index (κ1) is 13.8. The standard InChI is InChI=1S/C14H16F3N2/c1-13(2,3)12-9-6-5-7-11(14(15,16)17)10(9)8-18-19(12)4/h5-8H,1-4H3/q+1. The lowest BCUT2D eigenvalue weighted by Crippen LogP contribution is -2.43. The van der Waals surface area contributed by atoms with Crippen molar-refractivity contribution in [1.29, 1.82) is 0 Å². The van der Waals surface area contributed by atoms with Crippen LogP contribution in [0.3, 0.4) is 0 Å². The largest absolute Gasteiger partial charge is 0.417 e. The topological polar surface area (TPSA) is 16.8 Å². The van der Waals surface area contributed by atoms with Crippen molar-refractivity contribution in [1.82, 2.24) is 5.10 Å². The summed E-state index contributed by atoms with van der Waals surface area (Å²) in [5, 5.41) is 4.81. The molecule has 102 valence electrons. The van der Waals surface area contributed by atoms with Gasteiger partial charge in [0, 0.05) is 10.8 Å². The van der Waals surface area contributed by atoms with Crippen LogP contribution in [0, 0.1) is 0 Å². The van der Waals surface area contributed by atoms with Crippen molar-refractivity contribution in [3.05, 3.63) is 35.7 Å². The first-order valence-corrected chi connectivity index (χ1v) is 5.98. The molecule has 5 heteroatoms. The molecule has 0 spiro atoms. The third-order valence-corrected chi connectivity index (χ3v) is 3.06. The first-order chi connectivity index (χ1) is 8.62. The highest BCUT2D eigenvalue weighted by Crippen LogP contribution is 2.36. The smallest absolute Gasteiger partial charge is 0.166 e. The summed E-state index contributed by atoms with van der Waals surface area (Å²) < 4.78 is 40.7. The number of benzene rings is 1. The van der Waals surface area contributed by atoms with Crippen molar-refractivity contribution in [2.45, 2.75) is 32.4 Å². The fourth-order valence-electron chi connectivity index (χ4n) is 2.42. The number of aryl methyl sites for hydroxylation is 1. The summed E-state index contributed by atoms with van der Waals surface area (Å²) in [6.45, 7) is 5.89. The molecule has 19 heavy (non-hydrogen) atoms. The van der Waals surface area contributed by atoms with Gasteiger partial charge in [-0.3, -0.25) is 0 Å². The summed E-state index contributed by atoms with van der Waals surface area (Å²) in [6, 6.07) is 4.25. The Morgan fingerprint density at radius 2 is 1.68 bits per heavy atom. The highest BCUT2D eigenvalue weighted by Gasteiger charge is 2.35. The molecule has 0 bridgehead atoms. The van der Waals surface area contributed by atoms with Crippen LogP contribution >= 0.6 is 0 Å². The average molecular weight is 269 g/mol. The van der Waals surface area contributed by atoms with Crippen LogP contribution in [0.2, 0.25) is 0 Å². The Labute approximate surface area is 109 Å². The van der Waals surface area contributed by atoms with Gasteiger partial charge in [0.2, 0.25) is 5.69 Å². The van der Waals surface area contributed by atoms with Gasteiger partial charge in [-0.05, 0) is 17.2 Å². The lowest BCUT2D eigenvalue weighted by Gasteiger charge is -2.17. The van der Waals surface area contributed by atoms with Gasteiger partial charge in [0.05, 0.1) is 10.9 Å². The normalized spacial score (nSPS) is 13.0. The molecule has 1 aromatic carbocycles. The van der Waals surface area contributed by atoms with E-state index in [-0.39, 0.29) is 10.8 Å². The van der Waals surface area contributed by atoms with Crippen LogP contribution in [0.4, 0.5) is 13.2 Å². The summed E-state index contributed by atoms with van der Waals surface area (Å²) in [5.74, 6) is 0. The molecule has 0 saturated heterocycles. The quantitative estimate of drug-likeness (QED) is 0.670. The second kappa shape index (κ2) is 4.18. The van der Waals surface area contributed by atoms with Crippen LogP contribution in [0.15, 0.2) is 24.4 Å². The molecule has 0 saturated carbocycles. The summed E-state index contributed by atoms with van der Waals surface area (Å²) in [5.41, 5.74) is -0.134. The van der Waals surface area contributed by atoms with Gasteiger partial charge in [0.15, 0.2) is 7.05 Å². The molecule has 2 nitrogen and oxygen atoms in total. The molecule has 0 aliphatic heterocycles. The van der Waals surface area contributed by atoms with Gasteiger partial charge >= 0.3 is 6.18 Å². The third-order valence-electron chi connectivity index (χ3n) is 3.06. The highest BCUT2D eigenvalue weighted by atomic mass is 19.4. The molecule has 2 aromatic rings. The fraction of sp³-hybridized carbons (Fsp3) is 0.429. The van der Waals surface area contributed by atoms with Crippen LogP contribution in [-0.2, 0) is 18.6 Å². The molecule has 0 atom stereocenters. The van der Waals surface area contributed by atoms with Crippen molar-refractivity contribution in [3.8, 4) is 0 Å². The van der Waals surface area contributed by atoms with Crippen molar-refractivity contribution in [3.63, 3.8) is 0 Å². The lowest BCUT2D eigenvalue weighted by atomic mass is 9.87. The van der Waals surface area contributed by atoms with Crippen molar-refractivity contribution >= 4 is 10.8 Å². The number of nitrogens with zero attached hydrogens (tertiary/aromatic N) is 2. The predicted octanol–water partition coefficient (Wildman–Crippen LogP) is 3.38.